The van der Waals surface area contributed by atoms with Crippen molar-refractivity contribution in [2.75, 3.05) is 19.7 Å². The Hall–Kier alpha value is -2.09. The summed E-state index contributed by atoms with van der Waals surface area (Å²) >= 11 is 0. The average Bonchev–Trinajstić information content (AvgIpc) is 2.41. The van der Waals surface area contributed by atoms with Crippen molar-refractivity contribution in [2.45, 2.75) is 6.18 Å². The molecule has 0 radical (unpaired) electrons. The van der Waals surface area contributed by atoms with Crippen molar-refractivity contribution in [1.82, 2.24) is 10.6 Å². The van der Waals surface area contributed by atoms with Crippen LogP contribution in [0.5, 0.6) is 0 Å². The van der Waals surface area contributed by atoms with E-state index in [0.29, 0.717) is 0 Å². The van der Waals surface area contributed by atoms with Crippen molar-refractivity contribution in [2.24, 2.45) is 0 Å². The van der Waals surface area contributed by atoms with Gasteiger partial charge in [-0.05, 0) is 12.1 Å². The third kappa shape index (κ3) is 4.54. The molecule has 110 valence electrons. The number of carbonyl (C=O) groups is 2. The number of aliphatic hydroxyl groups is 1. The van der Waals surface area contributed by atoms with Gasteiger partial charge in [-0.3, -0.25) is 9.59 Å². The van der Waals surface area contributed by atoms with Crippen LogP contribution < -0.4 is 10.6 Å². The minimum absolute atomic E-state index is 0.00778. The minimum Gasteiger partial charge on any atom is -0.395 e. The number of hydrogen-bond donors (Lipinski definition) is 3. The number of rotatable bonds is 5. The van der Waals surface area contributed by atoms with E-state index in [1.807, 2.05) is 0 Å². The Morgan fingerprint density at radius 2 is 1.80 bits per heavy atom. The summed E-state index contributed by atoms with van der Waals surface area (Å²) in [7, 11) is 0. The molecule has 0 unspecified atom stereocenters. The van der Waals surface area contributed by atoms with Crippen LogP contribution in [0.4, 0.5) is 13.2 Å². The molecule has 0 aliphatic heterocycles. The predicted octanol–water partition coefficient (Wildman–Crippen LogP) is 0.544. The fourth-order valence-electron chi connectivity index (χ4n) is 1.44. The number of alkyl halides is 3. The second kappa shape index (κ2) is 6.90. The number of nitrogens with one attached hydrogen (secondary N) is 2. The van der Waals surface area contributed by atoms with Gasteiger partial charge in [0.05, 0.1) is 24.3 Å². The third-order valence-corrected chi connectivity index (χ3v) is 2.32. The molecular weight excluding hydrogens is 277 g/mol. The highest BCUT2D eigenvalue weighted by Crippen LogP contribution is 2.31. The molecule has 0 aromatic heterocycles. The molecule has 5 nitrogen and oxygen atoms in total. The number of aliphatic hydroxyl groups excluding tert-OH is 1. The van der Waals surface area contributed by atoms with Gasteiger partial charge in [0.2, 0.25) is 5.91 Å². The van der Waals surface area contributed by atoms with Gasteiger partial charge < -0.3 is 15.7 Å². The zero-order valence-electron chi connectivity index (χ0n) is 10.3. The van der Waals surface area contributed by atoms with E-state index in [1.165, 1.54) is 12.1 Å². The standard InChI is InChI=1S/C12H13F3N2O3/c13-12(14,15)9-4-2-1-3-8(9)11(20)17-7-10(19)16-5-6-18/h1-4,18H,5-7H2,(H,16,19)(H,17,20). The highest BCUT2D eigenvalue weighted by atomic mass is 19.4. The van der Waals surface area contributed by atoms with Crippen molar-refractivity contribution >= 4 is 11.8 Å². The largest absolute Gasteiger partial charge is 0.417 e. The maximum absolute atomic E-state index is 12.7. The van der Waals surface area contributed by atoms with Gasteiger partial charge in [-0.25, -0.2) is 0 Å². The van der Waals surface area contributed by atoms with E-state index in [9.17, 15) is 22.8 Å². The van der Waals surface area contributed by atoms with E-state index in [-0.39, 0.29) is 13.2 Å². The van der Waals surface area contributed by atoms with Gasteiger partial charge in [0.1, 0.15) is 0 Å². The average molecular weight is 290 g/mol. The summed E-state index contributed by atoms with van der Waals surface area (Å²) in [4.78, 5) is 22.8. The van der Waals surface area contributed by atoms with E-state index in [0.717, 1.165) is 12.1 Å². The number of hydrogen-bond acceptors (Lipinski definition) is 3. The molecular formula is C12H13F3N2O3. The predicted molar refractivity (Wildman–Crippen MR) is 63.9 cm³/mol. The van der Waals surface area contributed by atoms with Gasteiger partial charge in [-0.1, -0.05) is 12.1 Å². The highest BCUT2D eigenvalue weighted by molar-refractivity contribution is 5.97. The Morgan fingerprint density at radius 3 is 2.40 bits per heavy atom. The summed E-state index contributed by atoms with van der Waals surface area (Å²) in [5.41, 5.74) is -1.61. The maximum atomic E-state index is 12.7. The Labute approximate surface area is 112 Å². The van der Waals surface area contributed by atoms with Crippen molar-refractivity contribution in [3.05, 3.63) is 35.4 Å². The number of halogens is 3. The SMILES string of the molecule is O=C(CNC(=O)c1ccccc1C(F)(F)F)NCCO. The van der Waals surface area contributed by atoms with Crippen LogP contribution in [0.15, 0.2) is 24.3 Å². The van der Waals surface area contributed by atoms with E-state index >= 15 is 0 Å². The Bertz CT molecular complexity index is 489. The van der Waals surface area contributed by atoms with Crippen molar-refractivity contribution in [3.63, 3.8) is 0 Å². The van der Waals surface area contributed by atoms with E-state index < -0.39 is 35.7 Å². The number of benzene rings is 1. The molecule has 2 amide bonds. The molecule has 0 aliphatic carbocycles. The topological polar surface area (TPSA) is 78.4 Å². The molecule has 3 N–H and O–H groups in total. The summed E-state index contributed by atoms with van der Waals surface area (Å²) in [6, 6.07) is 4.30. The normalized spacial score (nSPS) is 11.0. The molecule has 1 aromatic carbocycles. The van der Waals surface area contributed by atoms with Gasteiger partial charge >= 0.3 is 6.18 Å². The van der Waals surface area contributed by atoms with Crippen LogP contribution in [0.2, 0.25) is 0 Å². The number of amides is 2. The number of carbonyl (C=O) groups excluding carboxylic acids is 2. The lowest BCUT2D eigenvalue weighted by Crippen LogP contribution is -2.38. The molecule has 0 spiro atoms. The molecule has 0 saturated carbocycles. The van der Waals surface area contributed by atoms with Crippen LogP contribution in [0.3, 0.4) is 0 Å². The van der Waals surface area contributed by atoms with Crippen molar-refractivity contribution in [1.29, 1.82) is 0 Å². The molecule has 1 rings (SSSR count). The monoisotopic (exact) mass is 290 g/mol. The van der Waals surface area contributed by atoms with E-state index in [2.05, 4.69) is 10.6 Å². The van der Waals surface area contributed by atoms with E-state index in [4.69, 9.17) is 5.11 Å². The first-order valence-corrected chi connectivity index (χ1v) is 5.68. The van der Waals surface area contributed by atoms with Crippen LogP contribution >= 0.6 is 0 Å². The molecule has 0 bridgehead atoms. The Balaban J connectivity index is 2.71. The van der Waals surface area contributed by atoms with Crippen molar-refractivity contribution < 1.29 is 27.9 Å². The van der Waals surface area contributed by atoms with Crippen molar-refractivity contribution in [3.8, 4) is 0 Å². The lowest BCUT2D eigenvalue weighted by molar-refractivity contribution is -0.137. The van der Waals surface area contributed by atoms with Crippen LogP contribution in [0.25, 0.3) is 0 Å². The zero-order valence-corrected chi connectivity index (χ0v) is 10.3. The van der Waals surface area contributed by atoms with Crippen LogP contribution in [0, 0.1) is 0 Å². The molecule has 0 atom stereocenters. The summed E-state index contributed by atoms with van der Waals surface area (Å²) in [6.45, 7) is -0.727. The molecule has 1 aromatic rings. The molecule has 0 saturated heterocycles. The van der Waals surface area contributed by atoms with Gasteiger partial charge in [0, 0.05) is 6.54 Å². The molecule has 0 fully saturated rings. The summed E-state index contributed by atoms with van der Waals surface area (Å²) in [5, 5.41) is 12.8. The minimum atomic E-state index is -4.65. The first kappa shape index (κ1) is 16.0. The second-order valence-corrected chi connectivity index (χ2v) is 3.80. The lowest BCUT2D eigenvalue weighted by Gasteiger charge is -2.12. The molecule has 8 heteroatoms. The molecule has 0 aliphatic rings. The third-order valence-electron chi connectivity index (χ3n) is 2.32. The van der Waals surface area contributed by atoms with Gasteiger partial charge in [-0.15, -0.1) is 0 Å². The van der Waals surface area contributed by atoms with E-state index in [1.54, 1.807) is 0 Å². The van der Waals surface area contributed by atoms with Gasteiger partial charge in [0.15, 0.2) is 0 Å². The van der Waals surface area contributed by atoms with Crippen LogP contribution in [-0.4, -0.2) is 36.6 Å². The Kier molecular flexibility index (Phi) is 5.51. The summed E-state index contributed by atoms with van der Waals surface area (Å²) < 4.78 is 38.1. The lowest BCUT2D eigenvalue weighted by atomic mass is 10.1. The Morgan fingerprint density at radius 1 is 1.15 bits per heavy atom. The fraction of sp³-hybridized carbons (Fsp3) is 0.333. The molecule has 0 heterocycles. The van der Waals surface area contributed by atoms with Crippen LogP contribution in [0.1, 0.15) is 15.9 Å². The summed E-state index contributed by atoms with van der Waals surface area (Å²) in [5.74, 6) is -1.59. The maximum Gasteiger partial charge on any atom is 0.417 e. The van der Waals surface area contributed by atoms with Gasteiger partial charge in [-0.2, -0.15) is 13.2 Å². The zero-order chi connectivity index (χ0) is 15.2. The fourth-order valence-corrected chi connectivity index (χ4v) is 1.44. The smallest absolute Gasteiger partial charge is 0.395 e. The second-order valence-electron chi connectivity index (χ2n) is 3.80. The first-order chi connectivity index (χ1) is 9.36. The van der Waals surface area contributed by atoms with Crippen LogP contribution in [-0.2, 0) is 11.0 Å². The summed E-state index contributed by atoms with van der Waals surface area (Å²) in [6.07, 6.45) is -4.65. The quantitative estimate of drug-likeness (QED) is 0.741. The molecule has 20 heavy (non-hydrogen) atoms. The first-order valence-electron chi connectivity index (χ1n) is 5.68. The van der Waals surface area contributed by atoms with Gasteiger partial charge in [0.25, 0.3) is 5.91 Å². The highest BCUT2D eigenvalue weighted by Gasteiger charge is 2.34.